The molecule has 0 saturated heterocycles. The van der Waals surface area contributed by atoms with Crippen molar-refractivity contribution < 1.29 is 18.1 Å². The number of hydrogen-bond acceptors (Lipinski definition) is 7. The number of carbonyl (C=O) groups excluding carboxylic acids is 1. The van der Waals surface area contributed by atoms with Gasteiger partial charge in [0.1, 0.15) is 5.69 Å². The van der Waals surface area contributed by atoms with Gasteiger partial charge in [0, 0.05) is 51.6 Å². The first-order valence-electron chi connectivity index (χ1n) is 9.33. The van der Waals surface area contributed by atoms with Crippen molar-refractivity contribution in [2.24, 2.45) is 0 Å². The van der Waals surface area contributed by atoms with E-state index in [2.05, 4.69) is 10.6 Å². The van der Waals surface area contributed by atoms with Gasteiger partial charge in [-0.25, -0.2) is 8.42 Å². The first-order chi connectivity index (χ1) is 14.1. The molecule has 0 aromatic heterocycles. The van der Waals surface area contributed by atoms with Crippen LogP contribution < -0.4 is 15.5 Å². The first-order valence-corrected chi connectivity index (χ1v) is 11.2. The second-order valence-corrected chi connectivity index (χ2v) is 9.06. The van der Waals surface area contributed by atoms with E-state index in [4.69, 9.17) is 0 Å². The number of rotatable bonds is 10. The lowest BCUT2D eigenvalue weighted by molar-refractivity contribution is -0.384. The zero-order valence-electron chi connectivity index (χ0n) is 17.2. The summed E-state index contributed by atoms with van der Waals surface area (Å²) < 4.78 is 23.1. The van der Waals surface area contributed by atoms with Gasteiger partial charge in [-0.1, -0.05) is 12.1 Å². The molecular formula is C20H26N4O5S. The molecule has 0 aliphatic carbocycles. The second-order valence-electron chi connectivity index (χ2n) is 7.05. The Morgan fingerprint density at radius 1 is 1.10 bits per heavy atom. The maximum absolute atomic E-state index is 12.0. The van der Waals surface area contributed by atoms with Gasteiger partial charge in [-0.15, -0.1) is 0 Å². The average Bonchev–Trinajstić information content (AvgIpc) is 2.69. The van der Waals surface area contributed by atoms with Crippen LogP contribution in [0, 0.1) is 10.1 Å². The molecule has 0 aliphatic heterocycles. The van der Waals surface area contributed by atoms with Crippen molar-refractivity contribution >= 4 is 32.8 Å². The van der Waals surface area contributed by atoms with Crippen LogP contribution in [0.3, 0.4) is 0 Å². The highest BCUT2D eigenvalue weighted by Gasteiger charge is 2.18. The number of aryl methyl sites for hydroxylation is 1. The number of anilines is 2. The van der Waals surface area contributed by atoms with Crippen molar-refractivity contribution in [1.29, 1.82) is 0 Å². The van der Waals surface area contributed by atoms with E-state index in [9.17, 15) is 23.3 Å². The molecule has 0 saturated carbocycles. The Morgan fingerprint density at radius 3 is 2.33 bits per heavy atom. The van der Waals surface area contributed by atoms with Crippen LogP contribution in [0.4, 0.5) is 17.1 Å². The SMILES string of the molecule is CN(C)c1ccc(CCC(=O)NCCNc2ccc(S(C)(=O)=O)cc2[N+](=O)[O-])cc1. The summed E-state index contributed by atoms with van der Waals surface area (Å²) in [7, 11) is 0.387. The van der Waals surface area contributed by atoms with Crippen LogP contribution in [0.25, 0.3) is 0 Å². The lowest BCUT2D eigenvalue weighted by Gasteiger charge is -2.12. The van der Waals surface area contributed by atoms with Crippen LogP contribution >= 0.6 is 0 Å². The number of nitro groups is 1. The van der Waals surface area contributed by atoms with Crippen molar-refractivity contribution in [3.05, 3.63) is 58.1 Å². The molecule has 2 aromatic carbocycles. The Bertz CT molecular complexity index is 1000. The van der Waals surface area contributed by atoms with Gasteiger partial charge in [0.15, 0.2) is 9.84 Å². The third-order valence-electron chi connectivity index (χ3n) is 4.45. The summed E-state index contributed by atoms with van der Waals surface area (Å²) in [6.07, 6.45) is 1.95. The fourth-order valence-electron chi connectivity index (χ4n) is 2.75. The summed E-state index contributed by atoms with van der Waals surface area (Å²) in [6.45, 7) is 0.547. The quantitative estimate of drug-likeness (QED) is 0.334. The largest absolute Gasteiger partial charge is 0.378 e. The summed E-state index contributed by atoms with van der Waals surface area (Å²) >= 11 is 0. The third-order valence-corrected chi connectivity index (χ3v) is 5.56. The minimum atomic E-state index is -3.54. The molecule has 10 heteroatoms. The molecule has 2 aromatic rings. The number of amides is 1. The Labute approximate surface area is 176 Å². The van der Waals surface area contributed by atoms with Gasteiger partial charge in [-0.3, -0.25) is 14.9 Å². The van der Waals surface area contributed by atoms with E-state index in [-0.39, 0.29) is 35.3 Å². The number of sulfone groups is 1. The lowest BCUT2D eigenvalue weighted by atomic mass is 10.1. The van der Waals surface area contributed by atoms with Crippen LogP contribution in [-0.4, -0.2) is 52.7 Å². The molecule has 0 fully saturated rings. The van der Waals surface area contributed by atoms with E-state index in [0.29, 0.717) is 12.8 Å². The van der Waals surface area contributed by atoms with Crippen LogP contribution in [0.5, 0.6) is 0 Å². The van der Waals surface area contributed by atoms with E-state index in [1.165, 1.54) is 12.1 Å². The van der Waals surface area contributed by atoms with Gasteiger partial charge in [-0.2, -0.15) is 0 Å². The maximum Gasteiger partial charge on any atom is 0.293 e. The summed E-state index contributed by atoms with van der Waals surface area (Å²) in [5.74, 6) is -0.115. The molecule has 0 bridgehead atoms. The van der Waals surface area contributed by atoms with Crippen molar-refractivity contribution in [3.8, 4) is 0 Å². The van der Waals surface area contributed by atoms with Crippen molar-refractivity contribution in [3.63, 3.8) is 0 Å². The van der Waals surface area contributed by atoms with Gasteiger partial charge in [0.2, 0.25) is 5.91 Å². The zero-order chi connectivity index (χ0) is 22.3. The van der Waals surface area contributed by atoms with E-state index in [0.717, 1.165) is 23.6 Å². The zero-order valence-corrected chi connectivity index (χ0v) is 18.0. The summed E-state index contributed by atoms with van der Waals surface area (Å²) in [4.78, 5) is 24.5. The molecule has 0 heterocycles. The van der Waals surface area contributed by atoms with Crippen LogP contribution in [0.2, 0.25) is 0 Å². The molecule has 2 rings (SSSR count). The highest BCUT2D eigenvalue weighted by atomic mass is 32.2. The Kier molecular flexibility index (Phi) is 7.76. The first kappa shape index (κ1) is 23.1. The predicted octanol–water partition coefficient (Wildman–Crippen LogP) is 2.23. The van der Waals surface area contributed by atoms with E-state index >= 15 is 0 Å². The van der Waals surface area contributed by atoms with Crippen molar-refractivity contribution in [1.82, 2.24) is 5.32 Å². The molecule has 2 N–H and O–H groups in total. The number of nitro benzene ring substituents is 1. The van der Waals surface area contributed by atoms with Crippen molar-refractivity contribution in [2.45, 2.75) is 17.7 Å². The fourth-order valence-corrected chi connectivity index (χ4v) is 3.39. The molecule has 162 valence electrons. The third kappa shape index (κ3) is 6.73. The van der Waals surface area contributed by atoms with Gasteiger partial charge < -0.3 is 15.5 Å². The van der Waals surface area contributed by atoms with Gasteiger partial charge in [0.05, 0.1) is 9.82 Å². The fraction of sp³-hybridized carbons (Fsp3) is 0.350. The Hall–Kier alpha value is -3.14. The van der Waals surface area contributed by atoms with Crippen molar-refractivity contribution in [2.75, 3.05) is 43.7 Å². The van der Waals surface area contributed by atoms with Crippen LogP contribution in [0.1, 0.15) is 12.0 Å². The molecule has 0 radical (unpaired) electrons. The van der Waals surface area contributed by atoms with Crippen LogP contribution in [-0.2, 0) is 21.1 Å². The molecule has 9 nitrogen and oxygen atoms in total. The molecule has 30 heavy (non-hydrogen) atoms. The monoisotopic (exact) mass is 434 g/mol. The number of carbonyl (C=O) groups is 1. The van der Waals surface area contributed by atoms with Crippen LogP contribution in [0.15, 0.2) is 47.4 Å². The number of nitrogens with one attached hydrogen (secondary N) is 2. The van der Waals surface area contributed by atoms with Gasteiger partial charge >= 0.3 is 0 Å². The van der Waals surface area contributed by atoms with E-state index < -0.39 is 14.8 Å². The molecule has 0 spiro atoms. The number of nitrogens with zero attached hydrogens (tertiary/aromatic N) is 2. The summed E-state index contributed by atoms with van der Waals surface area (Å²) in [5, 5.41) is 16.8. The Morgan fingerprint density at radius 2 is 1.77 bits per heavy atom. The standard InChI is InChI=1S/C20H26N4O5S/c1-23(2)16-7-4-15(5-8-16)6-11-20(25)22-13-12-21-18-10-9-17(30(3,28)29)14-19(18)24(26)27/h4-5,7-10,14,21H,6,11-13H2,1-3H3,(H,22,25). The van der Waals surface area contributed by atoms with Gasteiger partial charge in [0.25, 0.3) is 5.69 Å². The predicted molar refractivity (Wildman–Crippen MR) is 117 cm³/mol. The average molecular weight is 435 g/mol. The van der Waals surface area contributed by atoms with Gasteiger partial charge in [-0.05, 0) is 36.2 Å². The second kappa shape index (κ2) is 10.1. The number of benzene rings is 2. The highest BCUT2D eigenvalue weighted by Crippen LogP contribution is 2.27. The van der Waals surface area contributed by atoms with E-state index in [1.54, 1.807) is 0 Å². The lowest BCUT2D eigenvalue weighted by Crippen LogP contribution is -2.29. The number of hydrogen-bond donors (Lipinski definition) is 2. The minimum Gasteiger partial charge on any atom is -0.378 e. The smallest absolute Gasteiger partial charge is 0.293 e. The summed E-state index contributed by atoms with van der Waals surface area (Å²) in [6, 6.07) is 11.7. The molecule has 0 unspecified atom stereocenters. The topological polar surface area (TPSA) is 122 Å². The molecule has 0 atom stereocenters. The normalized spacial score (nSPS) is 11.0. The van der Waals surface area contributed by atoms with E-state index in [1.807, 2.05) is 43.3 Å². The molecule has 0 aliphatic rings. The Balaban J connectivity index is 1.81. The highest BCUT2D eigenvalue weighted by molar-refractivity contribution is 7.90. The minimum absolute atomic E-state index is 0.115. The molecule has 1 amide bonds. The molecular weight excluding hydrogens is 408 g/mol. The maximum atomic E-state index is 12.0. The summed E-state index contributed by atoms with van der Waals surface area (Å²) in [5.41, 5.74) is 2.02.